The van der Waals surface area contributed by atoms with Crippen molar-refractivity contribution in [2.24, 2.45) is 0 Å². The van der Waals surface area contributed by atoms with E-state index in [0.29, 0.717) is 11.1 Å². The number of imide groups is 1. The molecule has 154 valence electrons. The van der Waals surface area contributed by atoms with Crippen LogP contribution in [0.25, 0.3) is 0 Å². The Hall–Kier alpha value is -1.83. The molecule has 1 aliphatic rings. The summed E-state index contributed by atoms with van der Waals surface area (Å²) in [4.78, 5) is 27.4. The predicted molar refractivity (Wildman–Crippen MR) is 117 cm³/mol. The SMILES string of the molecule is CC[Si](CC)(CC)O[C@H]1C(=O)N(C(=O)c2ccc(Br)cc2)[C@H]1c1ccc(F)cc1. The quantitative estimate of drug-likeness (QED) is 0.291. The molecule has 0 aliphatic carbocycles. The Morgan fingerprint density at radius 3 is 2.10 bits per heavy atom. The van der Waals surface area contributed by atoms with Crippen LogP contribution in [-0.2, 0) is 9.22 Å². The number of hydrogen-bond acceptors (Lipinski definition) is 3. The Labute approximate surface area is 180 Å². The highest BCUT2D eigenvalue weighted by atomic mass is 79.9. The first kappa shape index (κ1) is 21.9. The van der Waals surface area contributed by atoms with Crippen molar-refractivity contribution < 1.29 is 18.4 Å². The lowest BCUT2D eigenvalue weighted by molar-refractivity contribution is -0.158. The van der Waals surface area contributed by atoms with Crippen LogP contribution in [0.2, 0.25) is 18.1 Å². The molecule has 0 unspecified atom stereocenters. The third-order valence-corrected chi connectivity index (χ3v) is 11.0. The van der Waals surface area contributed by atoms with Crippen molar-refractivity contribution in [3.8, 4) is 0 Å². The Morgan fingerprint density at radius 2 is 1.59 bits per heavy atom. The van der Waals surface area contributed by atoms with Crippen molar-refractivity contribution in [3.63, 3.8) is 0 Å². The first-order valence-electron chi connectivity index (χ1n) is 9.92. The molecule has 0 aromatic heterocycles. The van der Waals surface area contributed by atoms with E-state index in [2.05, 4.69) is 36.7 Å². The van der Waals surface area contributed by atoms with Crippen LogP contribution in [0.15, 0.2) is 53.0 Å². The summed E-state index contributed by atoms with van der Waals surface area (Å²) < 4.78 is 20.8. The van der Waals surface area contributed by atoms with E-state index < -0.39 is 20.5 Å². The van der Waals surface area contributed by atoms with Crippen molar-refractivity contribution >= 4 is 36.1 Å². The summed E-state index contributed by atoms with van der Waals surface area (Å²) in [6.07, 6.45) is -0.702. The molecule has 3 rings (SSSR count). The maximum atomic E-state index is 13.5. The zero-order chi connectivity index (χ0) is 21.2. The zero-order valence-corrected chi connectivity index (χ0v) is 19.4. The highest BCUT2D eigenvalue weighted by molar-refractivity contribution is 9.10. The molecule has 2 aromatic carbocycles. The molecule has 7 heteroatoms. The molecule has 4 nitrogen and oxygen atoms in total. The number of hydrogen-bond donors (Lipinski definition) is 0. The molecule has 1 saturated heterocycles. The maximum absolute atomic E-state index is 13.5. The summed E-state index contributed by atoms with van der Waals surface area (Å²) in [5, 5.41) is 0. The van der Waals surface area contributed by atoms with Gasteiger partial charge < -0.3 is 4.43 Å². The number of amides is 2. The zero-order valence-electron chi connectivity index (χ0n) is 16.8. The minimum absolute atomic E-state index is 0.320. The van der Waals surface area contributed by atoms with Gasteiger partial charge >= 0.3 is 0 Å². The van der Waals surface area contributed by atoms with Gasteiger partial charge in [-0.05, 0) is 60.1 Å². The Bertz CT molecular complexity index is 876. The van der Waals surface area contributed by atoms with Gasteiger partial charge in [-0.15, -0.1) is 0 Å². The monoisotopic (exact) mass is 477 g/mol. The second kappa shape index (κ2) is 8.89. The van der Waals surface area contributed by atoms with Crippen LogP contribution in [0, 0.1) is 5.82 Å². The fourth-order valence-corrected chi connectivity index (χ4v) is 6.82. The molecule has 2 atom stereocenters. The van der Waals surface area contributed by atoms with E-state index in [9.17, 15) is 14.0 Å². The molecule has 1 fully saturated rings. The molecule has 1 heterocycles. The summed E-state index contributed by atoms with van der Waals surface area (Å²) >= 11 is 3.35. The van der Waals surface area contributed by atoms with Gasteiger partial charge in [-0.25, -0.2) is 4.39 Å². The van der Waals surface area contributed by atoms with Crippen LogP contribution >= 0.6 is 15.9 Å². The number of likely N-dealkylation sites (tertiary alicyclic amines) is 1. The number of carbonyl (C=O) groups excluding carboxylic acids is 2. The van der Waals surface area contributed by atoms with Crippen molar-refractivity contribution in [3.05, 3.63) is 69.9 Å². The van der Waals surface area contributed by atoms with E-state index in [1.54, 1.807) is 36.4 Å². The minimum Gasteiger partial charge on any atom is -0.403 e. The molecular formula is C22H25BrFNO3Si. The average Bonchev–Trinajstić information content (AvgIpc) is 2.74. The van der Waals surface area contributed by atoms with Gasteiger partial charge in [-0.2, -0.15) is 0 Å². The van der Waals surface area contributed by atoms with Crippen LogP contribution in [-0.4, -0.2) is 31.1 Å². The molecule has 2 aromatic rings. The standard InChI is InChI=1S/C22H25BrFNO3Si/c1-4-29(5-2,6-3)28-20-19(15-9-13-18(24)14-10-15)25(22(20)27)21(26)16-7-11-17(23)12-8-16/h7-14,19-20H,4-6H2,1-3H3/t19-,20+/m0/s1. The first-order valence-corrected chi connectivity index (χ1v) is 13.2. The van der Waals surface area contributed by atoms with E-state index in [-0.39, 0.29) is 17.6 Å². The third kappa shape index (κ3) is 4.22. The summed E-state index contributed by atoms with van der Waals surface area (Å²) in [6.45, 7) is 6.29. The van der Waals surface area contributed by atoms with Crippen molar-refractivity contribution in [2.75, 3.05) is 0 Å². The van der Waals surface area contributed by atoms with Crippen LogP contribution in [0.1, 0.15) is 42.7 Å². The van der Waals surface area contributed by atoms with Crippen molar-refractivity contribution in [2.45, 2.75) is 51.0 Å². The molecular weight excluding hydrogens is 453 g/mol. The minimum atomic E-state index is -2.07. The number of β-lactam (4-membered cyclic amide) rings is 1. The lowest BCUT2D eigenvalue weighted by Gasteiger charge is -2.48. The largest absolute Gasteiger partial charge is 0.403 e. The fraction of sp³-hybridized carbons (Fsp3) is 0.364. The van der Waals surface area contributed by atoms with E-state index in [1.807, 2.05) is 0 Å². The number of nitrogens with zero attached hydrogens (tertiary/aromatic N) is 1. The second-order valence-corrected chi connectivity index (χ2v) is 12.9. The van der Waals surface area contributed by atoms with Crippen LogP contribution in [0.4, 0.5) is 4.39 Å². The van der Waals surface area contributed by atoms with Gasteiger partial charge in [-0.1, -0.05) is 48.8 Å². The highest BCUT2D eigenvalue weighted by Gasteiger charge is 2.54. The summed E-state index contributed by atoms with van der Waals surface area (Å²) in [5.74, 6) is -1.05. The summed E-state index contributed by atoms with van der Waals surface area (Å²) in [7, 11) is -2.07. The van der Waals surface area contributed by atoms with Crippen LogP contribution in [0.5, 0.6) is 0 Å². The number of rotatable bonds is 7. The lowest BCUT2D eigenvalue weighted by atomic mass is 9.90. The molecule has 0 N–H and O–H groups in total. The molecule has 0 bridgehead atoms. The van der Waals surface area contributed by atoms with Gasteiger partial charge in [0, 0.05) is 10.0 Å². The van der Waals surface area contributed by atoms with Gasteiger partial charge in [0.05, 0.1) is 6.04 Å². The topological polar surface area (TPSA) is 46.6 Å². The van der Waals surface area contributed by atoms with Gasteiger partial charge in [-0.3, -0.25) is 14.5 Å². The fourth-order valence-electron chi connectivity index (χ4n) is 3.79. The van der Waals surface area contributed by atoms with Gasteiger partial charge in [0.15, 0.2) is 14.4 Å². The number of carbonyl (C=O) groups is 2. The Balaban J connectivity index is 1.95. The van der Waals surface area contributed by atoms with Gasteiger partial charge in [0.1, 0.15) is 5.82 Å². The lowest BCUT2D eigenvalue weighted by Crippen LogP contribution is -2.64. The van der Waals surface area contributed by atoms with Crippen LogP contribution in [0.3, 0.4) is 0 Å². The third-order valence-electron chi connectivity index (χ3n) is 5.88. The number of halogens is 2. The second-order valence-electron chi connectivity index (χ2n) is 7.30. The average molecular weight is 478 g/mol. The van der Waals surface area contributed by atoms with E-state index in [0.717, 1.165) is 22.6 Å². The van der Waals surface area contributed by atoms with E-state index in [4.69, 9.17) is 4.43 Å². The Kier molecular flexibility index (Phi) is 6.71. The highest BCUT2D eigenvalue weighted by Crippen LogP contribution is 2.41. The van der Waals surface area contributed by atoms with Gasteiger partial charge in [0.25, 0.3) is 11.8 Å². The molecule has 0 saturated carbocycles. The maximum Gasteiger partial charge on any atom is 0.261 e. The predicted octanol–water partition coefficient (Wildman–Crippen LogP) is 5.70. The summed E-state index contributed by atoms with van der Waals surface area (Å²) in [6, 6.07) is 15.0. The van der Waals surface area contributed by atoms with E-state index >= 15 is 0 Å². The molecule has 0 radical (unpaired) electrons. The molecule has 1 aliphatic heterocycles. The van der Waals surface area contributed by atoms with Crippen molar-refractivity contribution in [1.82, 2.24) is 4.90 Å². The van der Waals surface area contributed by atoms with E-state index in [1.165, 1.54) is 17.0 Å². The molecule has 29 heavy (non-hydrogen) atoms. The Morgan fingerprint density at radius 1 is 1.03 bits per heavy atom. The van der Waals surface area contributed by atoms with Crippen molar-refractivity contribution in [1.29, 1.82) is 0 Å². The van der Waals surface area contributed by atoms with Crippen LogP contribution < -0.4 is 0 Å². The normalized spacial score (nSPS) is 19.2. The smallest absolute Gasteiger partial charge is 0.261 e. The first-order chi connectivity index (χ1) is 13.9. The van der Waals surface area contributed by atoms with Gasteiger partial charge in [0.2, 0.25) is 0 Å². The summed E-state index contributed by atoms with van der Waals surface area (Å²) in [5.41, 5.74) is 1.13. The molecule has 0 spiro atoms. The number of benzene rings is 2. The molecule has 2 amide bonds.